The molecule has 0 spiro atoms. The largest absolute Gasteiger partial charge is 0.330 e. The van der Waals surface area contributed by atoms with Crippen LogP contribution in [-0.2, 0) is 0 Å². The van der Waals surface area contributed by atoms with Gasteiger partial charge in [-0.2, -0.15) is 0 Å². The number of nitrogens with zero attached hydrogens (tertiary/aromatic N) is 1. The first-order chi connectivity index (χ1) is 9.31. The molecule has 2 saturated carbocycles. The summed E-state index contributed by atoms with van der Waals surface area (Å²) in [5, 5.41) is 3.80. The van der Waals surface area contributed by atoms with E-state index in [0.717, 1.165) is 18.6 Å². The first-order valence-corrected chi connectivity index (χ1v) is 8.49. The van der Waals surface area contributed by atoms with E-state index in [1.54, 1.807) is 0 Å². The molecule has 1 atom stereocenters. The third-order valence-corrected chi connectivity index (χ3v) is 5.72. The lowest BCUT2D eigenvalue weighted by Crippen LogP contribution is -2.39. The highest BCUT2D eigenvalue weighted by Crippen LogP contribution is 2.38. The molecular formula is C16H31N3. The quantitative estimate of drug-likeness (QED) is 0.773. The van der Waals surface area contributed by atoms with Gasteiger partial charge < -0.3 is 11.1 Å². The van der Waals surface area contributed by atoms with E-state index in [2.05, 4.69) is 10.2 Å². The first kappa shape index (κ1) is 13.8. The SMILES string of the molecule is NCC1(CCNC2CCN(C3CC3)C2)CCCCC1. The van der Waals surface area contributed by atoms with Gasteiger partial charge in [0.1, 0.15) is 0 Å². The van der Waals surface area contributed by atoms with Gasteiger partial charge in [0.25, 0.3) is 0 Å². The van der Waals surface area contributed by atoms with Crippen LogP contribution in [0.3, 0.4) is 0 Å². The summed E-state index contributed by atoms with van der Waals surface area (Å²) in [5.41, 5.74) is 6.54. The van der Waals surface area contributed by atoms with Crippen LogP contribution >= 0.6 is 0 Å². The zero-order valence-electron chi connectivity index (χ0n) is 12.4. The predicted molar refractivity (Wildman–Crippen MR) is 80.2 cm³/mol. The molecule has 3 rings (SSSR count). The Hall–Kier alpha value is -0.120. The summed E-state index contributed by atoms with van der Waals surface area (Å²) in [6.45, 7) is 4.69. The second kappa shape index (κ2) is 6.11. The van der Waals surface area contributed by atoms with E-state index >= 15 is 0 Å². The molecule has 0 aromatic heterocycles. The van der Waals surface area contributed by atoms with Crippen molar-refractivity contribution in [2.75, 3.05) is 26.2 Å². The van der Waals surface area contributed by atoms with Crippen LogP contribution in [0, 0.1) is 5.41 Å². The number of nitrogens with two attached hydrogens (primary N) is 1. The zero-order chi connectivity index (χ0) is 13.1. The van der Waals surface area contributed by atoms with Gasteiger partial charge in [0.15, 0.2) is 0 Å². The molecule has 1 unspecified atom stereocenters. The fourth-order valence-electron chi connectivity index (χ4n) is 4.12. The molecule has 1 aliphatic heterocycles. The summed E-state index contributed by atoms with van der Waals surface area (Å²) in [6, 6.07) is 1.69. The third kappa shape index (κ3) is 3.50. The van der Waals surface area contributed by atoms with E-state index in [4.69, 9.17) is 5.73 Å². The molecule has 3 N–H and O–H groups in total. The van der Waals surface area contributed by atoms with Crippen LogP contribution in [0.2, 0.25) is 0 Å². The van der Waals surface area contributed by atoms with Crippen molar-refractivity contribution in [3.8, 4) is 0 Å². The van der Waals surface area contributed by atoms with Crippen LogP contribution in [0.5, 0.6) is 0 Å². The Labute approximate surface area is 118 Å². The molecule has 0 aromatic rings. The average Bonchev–Trinajstić information content (AvgIpc) is 3.20. The molecule has 0 bridgehead atoms. The smallest absolute Gasteiger partial charge is 0.0207 e. The van der Waals surface area contributed by atoms with E-state index in [1.807, 2.05) is 0 Å². The topological polar surface area (TPSA) is 41.3 Å². The van der Waals surface area contributed by atoms with E-state index in [9.17, 15) is 0 Å². The highest BCUT2D eigenvalue weighted by Gasteiger charge is 2.35. The van der Waals surface area contributed by atoms with E-state index in [1.165, 1.54) is 77.4 Å². The average molecular weight is 265 g/mol. The molecule has 0 radical (unpaired) electrons. The maximum Gasteiger partial charge on any atom is 0.0207 e. The molecule has 2 aliphatic carbocycles. The van der Waals surface area contributed by atoms with E-state index in [-0.39, 0.29) is 0 Å². The molecule has 1 heterocycles. The van der Waals surface area contributed by atoms with Crippen LogP contribution < -0.4 is 11.1 Å². The Morgan fingerprint density at radius 2 is 1.89 bits per heavy atom. The lowest BCUT2D eigenvalue weighted by molar-refractivity contribution is 0.179. The van der Waals surface area contributed by atoms with Crippen molar-refractivity contribution >= 4 is 0 Å². The van der Waals surface area contributed by atoms with Crippen LogP contribution in [0.15, 0.2) is 0 Å². The minimum Gasteiger partial charge on any atom is -0.330 e. The maximum absolute atomic E-state index is 6.07. The molecular weight excluding hydrogens is 234 g/mol. The van der Waals surface area contributed by atoms with Crippen LogP contribution in [0.1, 0.15) is 57.8 Å². The summed E-state index contributed by atoms with van der Waals surface area (Å²) in [6.07, 6.45) is 12.5. The number of hydrogen-bond donors (Lipinski definition) is 2. The van der Waals surface area contributed by atoms with Gasteiger partial charge in [0.2, 0.25) is 0 Å². The molecule has 3 aliphatic rings. The molecule has 3 nitrogen and oxygen atoms in total. The van der Waals surface area contributed by atoms with Gasteiger partial charge in [-0.1, -0.05) is 19.3 Å². The zero-order valence-corrected chi connectivity index (χ0v) is 12.4. The molecule has 3 heteroatoms. The highest BCUT2D eigenvalue weighted by atomic mass is 15.2. The monoisotopic (exact) mass is 265 g/mol. The summed E-state index contributed by atoms with van der Waals surface area (Å²) in [4.78, 5) is 2.69. The molecule has 0 aromatic carbocycles. The number of rotatable bonds is 6. The Bertz CT molecular complexity index is 282. The second-order valence-corrected chi connectivity index (χ2v) is 7.18. The fourth-order valence-corrected chi connectivity index (χ4v) is 4.12. The van der Waals surface area contributed by atoms with E-state index in [0.29, 0.717) is 5.41 Å². The molecule has 3 fully saturated rings. The van der Waals surface area contributed by atoms with Crippen molar-refractivity contribution < 1.29 is 0 Å². The molecule has 19 heavy (non-hydrogen) atoms. The minimum absolute atomic E-state index is 0.472. The predicted octanol–water partition coefficient (Wildman–Crippen LogP) is 2.11. The van der Waals surface area contributed by atoms with Gasteiger partial charge in [0, 0.05) is 25.2 Å². The highest BCUT2D eigenvalue weighted by molar-refractivity contribution is 4.92. The molecule has 110 valence electrons. The lowest BCUT2D eigenvalue weighted by Gasteiger charge is -2.36. The number of hydrogen-bond acceptors (Lipinski definition) is 3. The number of likely N-dealkylation sites (tertiary alicyclic amines) is 1. The normalized spacial score (nSPS) is 31.7. The van der Waals surface area contributed by atoms with Gasteiger partial charge in [-0.3, -0.25) is 4.90 Å². The fraction of sp³-hybridized carbons (Fsp3) is 1.00. The second-order valence-electron chi connectivity index (χ2n) is 7.18. The van der Waals surface area contributed by atoms with Crippen molar-refractivity contribution in [3.63, 3.8) is 0 Å². The standard InChI is InChI=1S/C16H31N3/c17-13-16(7-2-1-3-8-16)9-10-18-14-6-11-19(12-14)15-4-5-15/h14-15,18H,1-13,17H2. The van der Waals surface area contributed by atoms with Crippen molar-refractivity contribution in [1.29, 1.82) is 0 Å². The Morgan fingerprint density at radius 3 is 2.58 bits per heavy atom. The van der Waals surface area contributed by atoms with Crippen molar-refractivity contribution in [2.24, 2.45) is 11.1 Å². The third-order valence-electron chi connectivity index (χ3n) is 5.72. The summed E-state index contributed by atoms with van der Waals surface area (Å²) >= 11 is 0. The van der Waals surface area contributed by atoms with Crippen LogP contribution in [0.25, 0.3) is 0 Å². The van der Waals surface area contributed by atoms with Gasteiger partial charge >= 0.3 is 0 Å². The summed E-state index contributed by atoms with van der Waals surface area (Å²) < 4.78 is 0. The van der Waals surface area contributed by atoms with Crippen molar-refractivity contribution in [3.05, 3.63) is 0 Å². The minimum atomic E-state index is 0.472. The van der Waals surface area contributed by atoms with Crippen molar-refractivity contribution in [1.82, 2.24) is 10.2 Å². The van der Waals surface area contributed by atoms with Gasteiger partial charge in [0.05, 0.1) is 0 Å². The Morgan fingerprint density at radius 1 is 1.11 bits per heavy atom. The van der Waals surface area contributed by atoms with Crippen LogP contribution in [0.4, 0.5) is 0 Å². The van der Waals surface area contributed by atoms with Crippen molar-refractivity contribution in [2.45, 2.75) is 69.9 Å². The van der Waals surface area contributed by atoms with Crippen LogP contribution in [-0.4, -0.2) is 43.2 Å². The number of nitrogens with one attached hydrogen (secondary N) is 1. The first-order valence-electron chi connectivity index (χ1n) is 8.49. The van der Waals surface area contributed by atoms with E-state index < -0.39 is 0 Å². The molecule has 1 saturated heterocycles. The summed E-state index contributed by atoms with van der Waals surface area (Å²) in [7, 11) is 0. The van der Waals surface area contributed by atoms with Gasteiger partial charge in [-0.15, -0.1) is 0 Å². The Kier molecular flexibility index (Phi) is 4.45. The van der Waals surface area contributed by atoms with Gasteiger partial charge in [-0.25, -0.2) is 0 Å². The molecule has 0 amide bonds. The van der Waals surface area contributed by atoms with Gasteiger partial charge in [-0.05, 0) is 57.0 Å². The lowest BCUT2D eigenvalue weighted by atomic mass is 9.72. The maximum atomic E-state index is 6.07. The summed E-state index contributed by atoms with van der Waals surface area (Å²) in [5.74, 6) is 0. The Balaban J connectivity index is 1.37.